The fraction of sp³-hybridized carbons (Fsp3) is 0.500. The third-order valence-corrected chi connectivity index (χ3v) is 4.19. The van der Waals surface area contributed by atoms with Gasteiger partial charge in [-0.15, -0.1) is 0 Å². The van der Waals surface area contributed by atoms with Crippen LogP contribution in [0.2, 0.25) is 0 Å². The zero-order chi connectivity index (χ0) is 13.9. The Balaban J connectivity index is 1.61. The van der Waals surface area contributed by atoms with Gasteiger partial charge in [0.15, 0.2) is 6.61 Å². The Bertz CT molecular complexity index is 522. The first-order chi connectivity index (χ1) is 9.75. The normalized spacial score (nSPS) is 18.1. The van der Waals surface area contributed by atoms with Crippen LogP contribution in [-0.4, -0.2) is 25.0 Å². The van der Waals surface area contributed by atoms with Crippen molar-refractivity contribution < 1.29 is 14.3 Å². The van der Waals surface area contributed by atoms with E-state index in [1.807, 2.05) is 18.2 Å². The SMILES string of the molecule is O=C(OCC(=O)N1CCCc2ccccc21)C1CCC1. The van der Waals surface area contributed by atoms with Gasteiger partial charge in [0.05, 0.1) is 5.92 Å². The molecule has 1 aromatic rings. The van der Waals surface area contributed by atoms with Crippen molar-refractivity contribution in [2.75, 3.05) is 18.1 Å². The number of benzene rings is 1. The second-order valence-electron chi connectivity index (χ2n) is 5.51. The van der Waals surface area contributed by atoms with Crippen LogP contribution in [0, 0.1) is 5.92 Å². The molecule has 4 nitrogen and oxygen atoms in total. The van der Waals surface area contributed by atoms with Crippen molar-refractivity contribution in [3.63, 3.8) is 0 Å². The van der Waals surface area contributed by atoms with Crippen LogP contribution in [-0.2, 0) is 20.7 Å². The summed E-state index contributed by atoms with van der Waals surface area (Å²) in [4.78, 5) is 25.7. The highest BCUT2D eigenvalue weighted by Gasteiger charge is 2.28. The monoisotopic (exact) mass is 273 g/mol. The van der Waals surface area contributed by atoms with Gasteiger partial charge in [0, 0.05) is 12.2 Å². The van der Waals surface area contributed by atoms with Gasteiger partial charge in [-0.05, 0) is 37.3 Å². The van der Waals surface area contributed by atoms with Gasteiger partial charge in [0.2, 0.25) is 0 Å². The molecule has 0 N–H and O–H groups in total. The van der Waals surface area contributed by atoms with E-state index in [0.717, 1.165) is 37.8 Å². The molecule has 0 aromatic heterocycles. The molecule has 1 aliphatic carbocycles. The van der Waals surface area contributed by atoms with E-state index in [0.29, 0.717) is 6.54 Å². The molecule has 0 bridgehead atoms. The Labute approximate surface area is 118 Å². The molecule has 20 heavy (non-hydrogen) atoms. The average Bonchev–Trinajstić information content (AvgIpc) is 2.42. The first-order valence-electron chi connectivity index (χ1n) is 7.30. The van der Waals surface area contributed by atoms with E-state index >= 15 is 0 Å². The molecule has 106 valence electrons. The van der Waals surface area contributed by atoms with Gasteiger partial charge in [-0.1, -0.05) is 24.6 Å². The summed E-state index contributed by atoms with van der Waals surface area (Å²) in [6.45, 7) is 0.570. The molecule has 2 aliphatic rings. The van der Waals surface area contributed by atoms with E-state index in [2.05, 4.69) is 6.07 Å². The van der Waals surface area contributed by atoms with Crippen LogP contribution in [0.5, 0.6) is 0 Å². The minimum absolute atomic E-state index is 0.0245. The van der Waals surface area contributed by atoms with Crippen LogP contribution in [0.4, 0.5) is 5.69 Å². The quantitative estimate of drug-likeness (QED) is 0.794. The number of rotatable bonds is 3. The third kappa shape index (κ3) is 2.55. The van der Waals surface area contributed by atoms with E-state index < -0.39 is 0 Å². The maximum atomic E-state index is 12.2. The number of carbonyl (C=O) groups excluding carboxylic acids is 2. The Morgan fingerprint density at radius 2 is 2.00 bits per heavy atom. The molecular weight excluding hydrogens is 254 g/mol. The number of carbonyl (C=O) groups is 2. The van der Waals surface area contributed by atoms with Crippen LogP contribution in [0.25, 0.3) is 0 Å². The highest BCUT2D eigenvalue weighted by atomic mass is 16.5. The molecule has 1 amide bonds. The maximum absolute atomic E-state index is 12.2. The van der Waals surface area contributed by atoms with Crippen molar-refractivity contribution in [3.05, 3.63) is 29.8 Å². The van der Waals surface area contributed by atoms with Gasteiger partial charge in [-0.25, -0.2) is 0 Å². The minimum Gasteiger partial charge on any atom is -0.455 e. The molecule has 1 aromatic carbocycles. The summed E-state index contributed by atoms with van der Waals surface area (Å²) in [5.41, 5.74) is 2.15. The van der Waals surface area contributed by atoms with Crippen molar-refractivity contribution in [1.29, 1.82) is 0 Å². The summed E-state index contributed by atoms with van der Waals surface area (Å²) in [7, 11) is 0. The molecule has 3 rings (SSSR count). The third-order valence-electron chi connectivity index (χ3n) is 4.19. The van der Waals surface area contributed by atoms with Crippen molar-refractivity contribution in [2.24, 2.45) is 5.92 Å². The maximum Gasteiger partial charge on any atom is 0.309 e. The van der Waals surface area contributed by atoms with Crippen LogP contribution in [0.1, 0.15) is 31.2 Å². The zero-order valence-corrected chi connectivity index (χ0v) is 11.5. The van der Waals surface area contributed by atoms with Crippen molar-refractivity contribution in [2.45, 2.75) is 32.1 Å². The fourth-order valence-electron chi connectivity index (χ4n) is 2.77. The highest BCUT2D eigenvalue weighted by molar-refractivity contribution is 5.96. The molecule has 0 atom stereocenters. The molecule has 1 saturated carbocycles. The summed E-state index contributed by atoms with van der Waals surface area (Å²) < 4.78 is 5.15. The van der Waals surface area contributed by atoms with Crippen molar-refractivity contribution in [1.82, 2.24) is 0 Å². The summed E-state index contributed by atoms with van der Waals surface area (Å²) in [5.74, 6) is -0.309. The number of anilines is 1. The number of esters is 1. The molecule has 1 aliphatic heterocycles. The van der Waals surface area contributed by atoms with Gasteiger partial charge >= 0.3 is 5.97 Å². The molecule has 1 fully saturated rings. The van der Waals surface area contributed by atoms with Crippen molar-refractivity contribution >= 4 is 17.6 Å². The van der Waals surface area contributed by atoms with Crippen LogP contribution >= 0.6 is 0 Å². The van der Waals surface area contributed by atoms with Gasteiger partial charge < -0.3 is 9.64 Å². The van der Waals surface area contributed by atoms with E-state index in [9.17, 15) is 9.59 Å². The van der Waals surface area contributed by atoms with Crippen molar-refractivity contribution in [3.8, 4) is 0 Å². The lowest BCUT2D eigenvalue weighted by atomic mass is 9.86. The van der Waals surface area contributed by atoms with E-state index in [-0.39, 0.29) is 24.4 Å². The number of amides is 1. The summed E-state index contributed by atoms with van der Waals surface area (Å²) >= 11 is 0. The molecule has 1 heterocycles. The molecular formula is C16H19NO3. The van der Waals surface area contributed by atoms with Crippen LogP contribution in [0.15, 0.2) is 24.3 Å². The van der Waals surface area contributed by atoms with Gasteiger partial charge in [0.1, 0.15) is 0 Å². The number of aryl methyl sites for hydroxylation is 1. The van der Waals surface area contributed by atoms with Crippen LogP contribution in [0.3, 0.4) is 0 Å². The molecule has 0 saturated heterocycles. The number of para-hydroxylation sites is 1. The van der Waals surface area contributed by atoms with Crippen LogP contribution < -0.4 is 4.90 Å². The Kier molecular flexibility index (Phi) is 3.72. The standard InChI is InChI=1S/C16H19NO3/c18-15(11-20-16(19)13-6-3-7-13)17-10-4-8-12-5-1-2-9-14(12)17/h1-2,5,9,13H,3-4,6-8,10-11H2. The first kappa shape index (κ1) is 13.2. The van der Waals surface area contributed by atoms with Gasteiger partial charge in [-0.2, -0.15) is 0 Å². The molecule has 0 spiro atoms. The largest absolute Gasteiger partial charge is 0.455 e. The lowest BCUT2D eigenvalue weighted by Gasteiger charge is -2.30. The predicted molar refractivity (Wildman–Crippen MR) is 75.4 cm³/mol. The van der Waals surface area contributed by atoms with E-state index in [1.54, 1.807) is 4.90 Å². The summed E-state index contributed by atoms with van der Waals surface area (Å²) in [6.07, 6.45) is 4.85. The summed E-state index contributed by atoms with van der Waals surface area (Å²) in [6, 6.07) is 7.93. The second-order valence-corrected chi connectivity index (χ2v) is 5.51. The fourth-order valence-corrected chi connectivity index (χ4v) is 2.77. The number of hydrogen-bond acceptors (Lipinski definition) is 3. The second kappa shape index (κ2) is 5.65. The lowest BCUT2D eigenvalue weighted by Crippen LogP contribution is -2.39. The average molecular weight is 273 g/mol. The highest BCUT2D eigenvalue weighted by Crippen LogP contribution is 2.28. The van der Waals surface area contributed by atoms with E-state index in [1.165, 1.54) is 5.56 Å². The molecule has 0 unspecified atom stereocenters. The zero-order valence-electron chi connectivity index (χ0n) is 11.5. The number of fused-ring (bicyclic) bond motifs is 1. The Morgan fingerprint density at radius 1 is 1.20 bits per heavy atom. The van der Waals surface area contributed by atoms with Gasteiger partial charge in [0.25, 0.3) is 5.91 Å². The minimum atomic E-state index is -0.213. The number of hydrogen-bond donors (Lipinski definition) is 0. The van der Waals surface area contributed by atoms with E-state index in [4.69, 9.17) is 4.74 Å². The molecule has 0 radical (unpaired) electrons. The Hall–Kier alpha value is -1.84. The Morgan fingerprint density at radius 3 is 2.75 bits per heavy atom. The van der Waals surface area contributed by atoms with Gasteiger partial charge in [-0.3, -0.25) is 9.59 Å². The number of ether oxygens (including phenoxy) is 1. The number of nitrogens with zero attached hydrogens (tertiary/aromatic N) is 1. The summed E-state index contributed by atoms with van der Waals surface area (Å²) in [5, 5.41) is 0. The molecule has 4 heteroatoms. The predicted octanol–water partition coefficient (Wildman–Crippen LogP) is 2.31. The first-order valence-corrected chi connectivity index (χ1v) is 7.30. The topological polar surface area (TPSA) is 46.6 Å². The smallest absolute Gasteiger partial charge is 0.309 e. The lowest BCUT2D eigenvalue weighted by molar-refractivity contribution is -0.154.